The topological polar surface area (TPSA) is 149 Å². The summed E-state index contributed by atoms with van der Waals surface area (Å²) in [4.78, 5) is 8.86. The number of nitrogens with one attached hydrogen (secondary N) is 1. The van der Waals surface area contributed by atoms with E-state index in [1.54, 1.807) is 25.4 Å². The molecule has 2 aromatic heterocycles. The van der Waals surface area contributed by atoms with Crippen molar-refractivity contribution in [2.75, 3.05) is 24.4 Å². The molecule has 0 saturated heterocycles. The highest BCUT2D eigenvalue weighted by atomic mass is 32.2. The highest BCUT2D eigenvalue weighted by Gasteiger charge is 2.16. The van der Waals surface area contributed by atoms with Gasteiger partial charge in [0.1, 0.15) is 5.75 Å². The average Bonchev–Trinajstić information content (AvgIpc) is 3.32. The van der Waals surface area contributed by atoms with Gasteiger partial charge >= 0.3 is 0 Å². The Morgan fingerprint density at radius 2 is 1.69 bits per heavy atom. The molecule has 2 N–H and O–H groups in total. The minimum atomic E-state index is -3.67. The first-order valence-electron chi connectivity index (χ1n) is 10.6. The van der Waals surface area contributed by atoms with Crippen molar-refractivity contribution in [1.82, 2.24) is 9.97 Å². The summed E-state index contributed by atoms with van der Waals surface area (Å²) in [5.41, 5.74) is 3.12. The lowest BCUT2D eigenvalue weighted by Crippen LogP contribution is -2.05. The third-order valence-corrected chi connectivity index (χ3v) is 6.50. The van der Waals surface area contributed by atoms with Gasteiger partial charge in [0.25, 0.3) is 16.1 Å². The third-order valence-electron chi connectivity index (χ3n) is 4.77. The predicted octanol–water partition coefficient (Wildman–Crippen LogP) is 4.45. The monoisotopic (exact) mass is 531 g/mol. The molecule has 0 amide bonds. The van der Waals surface area contributed by atoms with Gasteiger partial charge in [0.05, 0.1) is 41.6 Å². The van der Waals surface area contributed by atoms with Gasteiger partial charge < -0.3 is 14.5 Å². The van der Waals surface area contributed by atoms with Gasteiger partial charge in [-0.15, -0.1) is 0 Å². The summed E-state index contributed by atoms with van der Waals surface area (Å²) < 4.78 is 61.5. The van der Waals surface area contributed by atoms with E-state index in [2.05, 4.69) is 15.3 Å². The van der Waals surface area contributed by atoms with Crippen LogP contribution < -0.4 is 10.1 Å². The number of nitrogens with zero attached hydrogens (tertiary/aromatic N) is 2. The summed E-state index contributed by atoms with van der Waals surface area (Å²) in [7, 11) is -5.51. The summed E-state index contributed by atoms with van der Waals surface area (Å²) in [6.45, 7) is 1.60. The Hall–Kier alpha value is -3.74. The van der Waals surface area contributed by atoms with E-state index in [9.17, 15) is 16.8 Å². The van der Waals surface area contributed by atoms with Gasteiger partial charge in [0.2, 0.25) is 0 Å². The summed E-state index contributed by atoms with van der Waals surface area (Å²) in [6, 6.07) is 18.4. The number of sulfone groups is 1. The van der Waals surface area contributed by atoms with Crippen LogP contribution in [-0.2, 0) is 20.0 Å². The number of benzene rings is 2. The number of anilines is 2. The van der Waals surface area contributed by atoms with Crippen LogP contribution in [0, 0.1) is 0 Å². The summed E-state index contributed by atoms with van der Waals surface area (Å²) in [5.74, 6) is 1.05. The largest absolute Gasteiger partial charge is 0.495 e. The number of hydrogen-bond donors (Lipinski definition) is 2. The quantitative estimate of drug-likeness (QED) is 0.327. The number of methoxy groups -OCH3 is 1. The molecular weight excluding hydrogens is 506 g/mol. The van der Waals surface area contributed by atoms with E-state index < -0.39 is 20.0 Å². The van der Waals surface area contributed by atoms with Gasteiger partial charge in [-0.1, -0.05) is 31.2 Å². The molecule has 4 rings (SSSR count). The van der Waals surface area contributed by atoms with E-state index in [0.717, 1.165) is 16.8 Å². The zero-order valence-electron chi connectivity index (χ0n) is 19.7. The normalized spacial score (nSPS) is 11.3. The summed E-state index contributed by atoms with van der Waals surface area (Å²) in [5, 5.41) is 3.02. The highest BCUT2D eigenvalue weighted by molar-refractivity contribution is 7.91. The second-order valence-electron chi connectivity index (χ2n) is 7.45. The maximum atomic E-state index is 12.2. The van der Waals surface area contributed by atoms with Crippen molar-refractivity contribution in [3.63, 3.8) is 0 Å². The number of rotatable bonds is 7. The van der Waals surface area contributed by atoms with Crippen LogP contribution >= 0.6 is 0 Å². The van der Waals surface area contributed by atoms with Crippen LogP contribution in [0.4, 0.5) is 11.7 Å². The summed E-state index contributed by atoms with van der Waals surface area (Å²) >= 11 is 0. The molecular formula is C24H25N3O7S2. The van der Waals surface area contributed by atoms with Gasteiger partial charge in [-0.3, -0.25) is 9.54 Å². The van der Waals surface area contributed by atoms with E-state index in [1.807, 2.05) is 42.5 Å². The van der Waals surface area contributed by atoms with Crippen LogP contribution in [0.5, 0.6) is 5.75 Å². The van der Waals surface area contributed by atoms with Crippen molar-refractivity contribution in [2.24, 2.45) is 0 Å². The molecule has 0 bridgehead atoms. The molecule has 4 aromatic rings. The second-order valence-corrected chi connectivity index (χ2v) is 11.2. The smallest absolute Gasteiger partial charge is 0.299 e. The molecule has 0 aliphatic heterocycles. The zero-order chi connectivity index (χ0) is 26.3. The number of hydrogen-bond acceptors (Lipinski definition) is 9. The number of ether oxygens (including phenoxy) is 1. The molecule has 0 aliphatic rings. The standard InChI is InChI=1S/C23H21N3O4S.CH4O3S/c1-3-31(27,28)18-10-11-21(29-2)20(14-18)26-23-25-15-22(30-23)17-8-6-7-16(13-17)19-9-4-5-12-24-19;1-5(2,3)4/h4-15H,3H2,1-2H3,(H,25,26);1H3,(H,2,3,4). The molecule has 10 nitrogen and oxygen atoms in total. The highest BCUT2D eigenvalue weighted by Crippen LogP contribution is 2.32. The van der Waals surface area contributed by atoms with Crippen LogP contribution in [0.2, 0.25) is 0 Å². The van der Waals surface area contributed by atoms with Crippen LogP contribution in [0.3, 0.4) is 0 Å². The Bertz CT molecular complexity index is 1530. The van der Waals surface area contributed by atoms with Gasteiger partial charge in [0, 0.05) is 17.3 Å². The van der Waals surface area contributed by atoms with Gasteiger partial charge in [-0.05, 0) is 36.4 Å². The molecule has 2 aromatic carbocycles. The van der Waals surface area contributed by atoms with E-state index >= 15 is 0 Å². The molecule has 0 saturated carbocycles. The second kappa shape index (κ2) is 11.3. The van der Waals surface area contributed by atoms with E-state index in [1.165, 1.54) is 19.2 Å². The third kappa shape index (κ3) is 7.38. The molecule has 0 aliphatic carbocycles. The van der Waals surface area contributed by atoms with Gasteiger partial charge in [-0.2, -0.15) is 8.42 Å². The van der Waals surface area contributed by atoms with E-state index in [4.69, 9.17) is 13.7 Å². The SMILES string of the molecule is CCS(=O)(=O)c1ccc(OC)c(Nc2ncc(-c3cccc(-c4ccccn4)c3)o2)c1.CS(=O)(=O)O. The molecule has 36 heavy (non-hydrogen) atoms. The minimum Gasteiger partial charge on any atom is -0.495 e. The molecule has 2 heterocycles. The minimum absolute atomic E-state index is 0.00846. The fourth-order valence-electron chi connectivity index (χ4n) is 3.09. The summed E-state index contributed by atoms with van der Waals surface area (Å²) in [6.07, 6.45) is 4.07. The fraction of sp³-hybridized carbons (Fsp3) is 0.167. The molecule has 0 unspecified atom stereocenters. The Kier molecular flexibility index (Phi) is 8.45. The van der Waals surface area contributed by atoms with Crippen molar-refractivity contribution >= 4 is 31.7 Å². The Balaban J connectivity index is 0.000000658. The average molecular weight is 532 g/mol. The Labute approximate surface area is 209 Å². The molecule has 190 valence electrons. The first kappa shape index (κ1) is 26.9. The lowest BCUT2D eigenvalue weighted by Gasteiger charge is -2.11. The van der Waals surface area contributed by atoms with Crippen molar-refractivity contribution in [2.45, 2.75) is 11.8 Å². The van der Waals surface area contributed by atoms with Gasteiger partial charge in [-0.25, -0.2) is 13.4 Å². The maximum absolute atomic E-state index is 12.2. The first-order valence-corrected chi connectivity index (χ1v) is 14.1. The lowest BCUT2D eigenvalue weighted by molar-refractivity contribution is 0.416. The molecule has 0 fully saturated rings. The van der Waals surface area contributed by atoms with E-state index in [-0.39, 0.29) is 16.7 Å². The van der Waals surface area contributed by atoms with Gasteiger partial charge in [0.15, 0.2) is 15.6 Å². The Morgan fingerprint density at radius 1 is 0.972 bits per heavy atom. The lowest BCUT2D eigenvalue weighted by atomic mass is 10.1. The van der Waals surface area contributed by atoms with E-state index in [0.29, 0.717) is 23.5 Å². The first-order chi connectivity index (χ1) is 17.0. The molecule has 0 atom stereocenters. The van der Waals surface area contributed by atoms with Crippen molar-refractivity contribution in [1.29, 1.82) is 0 Å². The van der Waals surface area contributed by atoms with Crippen LogP contribution in [-0.4, -0.2) is 50.5 Å². The molecule has 12 heteroatoms. The zero-order valence-corrected chi connectivity index (χ0v) is 21.4. The maximum Gasteiger partial charge on any atom is 0.299 e. The Morgan fingerprint density at radius 3 is 2.33 bits per heavy atom. The number of oxazole rings is 1. The van der Waals surface area contributed by atoms with Crippen molar-refractivity contribution < 1.29 is 30.5 Å². The molecule has 0 spiro atoms. The van der Waals surface area contributed by atoms with Crippen molar-refractivity contribution in [3.05, 3.63) is 73.1 Å². The van der Waals surface area contributed by atoms with Crippen LogP contribution in [0.15, 0.2) is 82.4 Å². The fourth-order valence-corrected chi connectivity index (χ4v) is 4.00. The molecule has 0 radical (unpaired) electrons. The van der Waals surface area contributed by atoms with Crippen molar-refractivity contribution in [3.8, 4) is 28.3 Å². The van der Waals surface area contributed by atoms with Crippen LogP contribution in [0.1, 0.15) is 6.92 Å². The number of aromatic nitrogens is 2. The number of pyridine rings is 1. The predicted molar refractivity (Wildman–Crippen MR) is 137 cm³/mol. The van der Waals surface area contributed by atoms with Crippen LogP contribution in [0.25, 0.3) is 22.6 Å².